The molecule has 2 atom stereocenters. The monoisotopic (exact) mass is 521 g/mol. The van der Waals surface area contributed by atoms with Crippen molar-refractivity contribution >= 4 is 29.7 Å². The molecular weight excluding hydrogens is 474 g/mol. The summed E-state index contributed by atoms with van der Waals surface area (Å²) in [4.78, 5) is 42.1. The number of alkyl carbamates (subject to hydrolysis) is 1. The Hall–Kier alpha value is -2.22. The maximum atomic E-state index is 14.2. The molecule has 204 valence electrons. The summed E-state index contributed by atoms with van der Waals surface area (Å²) in [5, 5.41) is 5.84. The zero-order chi connectivity index (χ0) is 27.5. The van der Waals surface area contributed by atoms with Crippen molar-refractivity contribution in [1.29, 1.82) is 0 Å². The molecule has 0 saturated carbocycles. The minimum absolute atomic E-state index is 0.218. The van der Waals surface area contributed by atoms with Gasteiger partial charge in [0.15, 0.2) is 0 Å². The molecule has 0 bridgehead atoms. The van der Waals surface area contributed by atoms with Gasteiger partial charge in [-0.2, -0.15) is 11.8 Å². The normalized spacial score (nSPS) is 13.5. The van der Waals surface area contributed by atoms with Gasteiger partial charge in [0.25, 0.3) is 0 Å². The number of benzene rings is 1. The highest BCUT2D eigenvalue weighted by atomic mass is 32.2. The largest absolute Gasteiger partial charge is 0.444 e. The van der Waals surface area contributed by atoms with Gasteiger partial charge in [0, 0.05) is 12.1 Å². The summed E-state index contributed by atoms with van der Waals surface area (Å²) >= 11 is 1.59. The molecule has 0 aliphatic heterocycles. The van der Waals surface area contributed by atoms with Crippen LogP contribution in [0.4, 0.5) is 4.79 Å². The van der Waals surface area contributed by atoms with Gasteiger partial charge < -0.3 is 20.3 Å². The first-order valence-corrected chi connectivity index (χ1v) is 14.3. The zero-order valence-corrected chi connectivity index (χ0v) is 24.5. The number of amides is 3. The molecule has 0 fully saturated rings. The predicted molar refractivity (Wildman–Crippen MR) is 149 cm³/mol. The van der Waals surface area contributed by atoms with Gasteiger partial charge in [-0.3, -0.25) is 9.59 Å². The molecule has 1 rings (SSSR count). The van der Waals surface area contributed by atoms with Crippen LogP contribution >= 0.6 is 11.8 Å². The number of nitrogens with zero attached hydrogens (tertiary/aromatic N) is 1. The quantitative estimate of drug-likeness (QED) is 0.349. The standard InChI is InChI=1S/C28H47N3O4S/c1-10-11-14-18-29-24(32)23(21-16-13-12-15-20(21)2)31(27(3,4)5)25(33)22(17-19-36-9)30-26(34)35-28(6,7)8/h12-13,15-16,22-23H,10-11,14,17-19H2,1-9H3,(H,29,32)(H,30,34). The molecule has 2 N–H and O–H groups in total. The second-order valence-corrected chi connectivity index (χ2v) is 12.1. The first-order valence-electron chi connectivity index (χ1n) is 12.9. The minimum atomic E-state index is -0.836. The first-order chi connectivity index (χ1) is 16.7. The van der Waals surface area contributed by atoms with Gasteiger partial charge in [-0.15, -0.1) is 0 Å². The molecule has 0 aliphatic rings. The van der Waals surface area contributed by atoms with Crippen LogP contribution in [-0.2, 0) is 14.3 Å². The summed E-state index contributed by atoms with van der Waals surface area (Å²) in [6.07, 6.45) is 4.68. The molecule has 7 nitrogen and oxygen atoms in total. The third-order valence-electron chi connectivity index (χ3n) is 5.63. The van der Waals surface area contributed by atoms with Crippen molar-refractivity contribution in [3.63, 3.8) is 0 Å². The molecular formula is C28H47N3O4S. The van der Waals surface area contributed by atoms with Crippen molar-refractivity contribution in [3.05, 3.63) is 35.4 Å². The SMILES string of the molecule is CCCCCNC(=O)C(c1ccccc1C)N(C(=O)C(CCSC)NC(=O)OC(C)(C)C)C(C)(C)C. The lowest BCUT2D eigenvalue weighted by atomic mass is 9.92. The second kappa shape index (κ2) is 14.5. The molecule has 1 aromatic carbocycles. The maximum absolute atomic E-state index is 14.2. The number of thioether (sulfide) groups is 1. The van der Waals surface area contributed by atoms with Crippen LogP contribution in [0.25, 0.3) is 0 Å². The summed E-state index contributed by atoms with van der Waals surface area (Å²) < 4.78 is 5.44. The van der Waals surface area contributed by atoms with Crippen LogP contribution < -0.4 is 10.6 Å². The fourth-order valence-electron chi connectivity index (χ4n) is 3.93. The van der Waals surface area contributed by atoms with Gasteiger partial charge in [-0.1, -0.05) is 44.0 Å². The third kappa shape index (κ3) is 10.4. The topological polar surface area (TPSA) is 87.7 Å². The Balaban J connectivity index is 3.47. The maximum Gasteiger partial charge on any atom is 0.408 e. The van der Waals surface area contributed by atoms with Crippen molar-refractivity contribution in [1.82, 2.24) is 15.5 Å². The lowest BCUT2D eigenvalue weighted by Gasteiger charge is -2.43. The third-order valence-corrected chi connectivity index (χ3v) is 6.27. The van der Waals surface area contributed by atoms with Crippen molar-refractivity contribution < 1.29 is 19.1 Å². The summed E-state index contributed by atoms with van der Waals surface area (Å²) in [6.45, 7) is 15.7. The van der Waals surface area contributed by atoms with Crippen molar-refractivity contribution in [2.24, 2.45) is 0 Å². The zero-order valence-electron chi connectivity index (χ0n) is 23.7. The van der Waals surface area contributed by atoms with Crippen LogP contribution in [0, 0.1) is 6.92 Å². The molecule has 8 heteroatoms. The van der Waals surface area contributed by atoms with Crippen molar-refractivity contribution in [2.75, 3.05) is 18.6 Å². The highest BCUT2D eigenvalue weighted by Crippen LogP contribution is 2.32. The average Bonchev–Trinajstić information content (AvgIpc) is 2.75. The summed E-state index contributed by atoms with van der Waals surface area (Å²) in [5.74, 6) is 0.145. The Morgan fingerprint density at radius 1 is 1.06 bits per heavy atom. The molecule has 1 aromatic rings. The fourth-order valence-corrected chi connectivity index (χ4v) is 4.40. The molecule has 0 aromatic heterocycles. The number of carbonyl (C=O) groups excluding carboxylic acids is 3. The Labute approximate surface area is 222 Å². The van der Waals surface area contributed by atoms with Crippen LogP contribution in [0.15, 0.2) is 24.3 Å². The second-order valence-electron chi connectivity index (χ2n) is 11.1. The summed E-state index contributed by atoms with van der Waals surface area (Å²) in [5.41, 5.74) is 0.310. The molecule has 3 amide bonds. The Kier molecular flexibility index (Phi) is 12.8. The number of rotatable bonds is 12. The Morgan fingerprint density at radius 2 is 1.69 bits per heavy atom. The molecule has 0 aliphatic carbocycles. The van der Waals surface area contributed by atoms with Crippen LogP contribution in [0.2, 0.25) is 0 Å². The van der Waals surface area contributed by atoms with E-state index in [0.717, 1.165) is 30.4 Å². The van der Waals surface area contributed by atoms with Gasteiger partial charge in [-0.25, -0.2) is 4.79 Å². The van der Waals surface area contributed by atoms with E-state index in [1.54, 1.807) is 37.4 Å². The highest BCUT2D eigenvalue weighted by Gasteiger charge is 2.42. The Morgan fingerprint density at radius 3 is 2.22 bits per heavy atom. The van der Waals surface area contributed by atoms with Gasteiger partial charge in [0.05, 0.1) is 0 Å². The van der Waals surface area contributed by atoms with E-state index in [2.05, 4.69) is 17.6 Å². The molecule has 0 saturated heterocycles. The number of hydrogen-bond acceptors (Lipinski definition) is 5. The van der Waals surface area contributed by atoms with E-state index in [1.165, 1.54) is 0 Å². The summed E-state index contributed by atoms with van der Waals surface area (Å²) in [6, 6.07) is 5.99. The first kappa shape index (κ1) is 31.8. The fraction of sp³-hybridized carbons (Fsp3) is 0.679. The van der Waals surface area contributed by atoms with Crippen LogP contribution in [0.3, 0.4) is 0 Å². The van der Waals surface area contributed by atoms with Crippen LogP contribution in [0.5, 0.6) is 0 Å². The number of carbonyl (C=O) groups is 3. The van der Waals surface area contributed by atoms with E-state index in [1.807, 2.05) is 58.2 Å². The van der Waals surface area contributed by atoms with Crippen molar-refractivity contribution in [2.45, 2.75) is 104 Å². The van der Waals surface area contributed by atoms with Gasteiger partial charge in [-0.05, 0) is 84.4 Å². The molecule has 0 radical (unpaired) electrons. The molecule has 36 heavy (non-hydrogen) atoms. The van der Waals surface area contributed by atoms with Crippen LogP contribution in [-0.4, -0.2) is 58.5 Å². The minimum Gasteiger partial charge on any atom is -0.444 e. The number of hydrogen-bond donors (Lipinski definition) is 2. The van der Waals surface area contributed by atoms with E-state index in [9.17, 15) is 14.4 Å². The number of nitrogens with one attached hydrogen (secondary N) is 2. The smallest absolute Gasteiger partial charge is 0.408 e. The van der Waals surface area contributed by atoms with Gasteiger partial charge in [0.2, 0.25) is 11.8 Å². The average molecular weight is 522 g/mol. The van der Waals surface area contributed by atoms with Gasteiger partial charge >= 0.3 is 6.09 Å². The van der Waals surface area contributed by atoms with E-state index in [-0.39, 0.29) is 11.8 Å². The lowest BCUT2D eigenvalue weighted by molar-refractivity contribution is -0.148. The van der Waals surface area contributed by atoms with Gasteiger partial charge in [0.1, 0.15) is 17.7 Å². The van der Waals surface area contributed by atoms with E-state index in [4.69, 9.17) is 4.74 Å². The van der Waals surface area contributed by atoms with E-state index < -0.39 is 29.3 Å². The number of aryl methyl sites for hydroxylation is 1. The van der Waals surface area contributed by atoms with E-state index in [0.29, 0.717) is 18.7 Å². The lowest BCUT2D eigenvalue weighted by Crippen LogP contribution is -2.58. The van der Waals surface area contributed by atoms with Crippen LogP contribution in [0.1, 0.15) is 91.3 Å². The number of ether oxygens (including phenoxy) is 1. The predicted octanol–water partition coefficient (Wildman–Crippen LogP) is 5.62. The molecule has 2 unspecified atom stereocenters. The Bertz CT molecular complexity index is 861. The molecule has 0 spiro atoms. The highest BCUT2D eigenvalue weighted by molar-refractivity contribution is 7.98. The van der Waals surface area contributed by atoms with Crippen molar-refractivity contribution in [3.8, 4) is 0 Å². The number of unbranched alkanes of at least 4 members (excludes halogenated alkanes) is 2. The summed E-state index contributed by atoms with van der Waals surface area (Å²) in [7, 11) is 0. The molecule has 0 heterocycles. The van der Waals surface area contributed by atoms with E-state index >= 15 is 0 Å².